The summed E-state index contributed by atoms with van der Waals surface area (Å²) in [7, 11) is -3.86. The van der Waals surface area contributed by atoms with Crippen LogP contribution in [0.5, 0.6) is 0 Å². The fraction of sp³-hybridized carbons (Fsp3) is 0.300. The summed E-state index contributed by atoms with van der Waals surface area (Å²) < 4.78 is 27.8. The minimum absolute atomic E-state index is 0.0130. The summed E-state index contributed by atoms with van der Waals surface area (Å²) >= 11 is 0. The molecule has 0 amide bonds. The van der Waals surface area contributed by atoms with Gasteiger partial charge in [0.15, 0.2) is 0 Å². The number of carboxylic acids is 1. The van der Waals surface area contributed by atoms with E-state index in [-0.39, 0.29) is 17.1 Å². The average Bonchev–Trinajstić information content (AvgIpc) is 2.17. The molecule has 0 unspecified atom stereocenters. The van der Waals surface area contributed by atoms with Gasteiger partial charge in [-0.2, -0.15) is 8.42 Å². The zero-order valence-corrected chi connectivity index (χ0v) is 9.74. The number of hydrogen-bond donors (Lipinski definition) is 1. The minimum Gasteiger partial charge on any atom is -0.478 e. The highest BCUT2D eigenvalue weighted by Crippen LogP contribution is 2.19. The summed E-state index contributed by atoms with van der Waals surface area (Å²) in [5, 5.41) is 8.76. The van der Waals surface area contributed by atoms with Gasteiger partial charge in [0.1, 0.15) is 0 Å². The van der Waals surface area contributed by atoms with Gasteiger partial charge in [0.05, 0.1) is 17.1 Å². The van der Waals surface area contributed by atoms with Crippen LogP contribution in [0, 0.1) is 6.92 Å². The van der Waals surface area contributed by atoms with Gasteiger partial charge in [-0.3, -0.25) is 4.18 Å². The normalized spacial score (nSPS) is 11.4. The molecular formula is C10H12O5S. The van der Waals surface area contributed by atoms with Gasteiger partial charge in [-0.05, 0) is 31.5 Å². The molecule has 5 nitrogen and oxygen atoms in total. The molecule has 0 aliphatic heterocycles. The van der Waals surface area contributed by atoms with Crippen molar-refractivity contribution >= 4 is 16.1 Å². The molecule has 1 rings (SSSR count). The number of benzene rings is 1. The molecule has 16 heavy (non-hydrogen) atoms. The Morgan fingerprint density at radius 3 is 2.56 bits per heavy atom. The number of hydrogen-bond acceptors (Lipinski definition) is 4. The molecule has 0 spiro atoms. The van der Waals surface area contributed by atoms with Gasteiger partial charge in [0, 0.05) is 0 Å². The molecule has 0 aliphatic carbocycles. The molecule has 1 aromatic carbocycles. The van der Waals surface area contributed by atoms with E-state index >= 15 is 0 Å². The molecule has 0 fully saturated rings. The van der Waals surface area contributed by atoms with Gasteiger partial charge < -0.3 is 5.11 Å². The lowest BCUT2D eigenvalue weighted by molar-refractivity contribution is 0.0696. The van der Waals surface area contributed by atoms with Crippen LogP contribution in [0.15, 0.2) is 23.1 Å². The maximum Gasteiger partial charge on any atom is 0.335 e. The number of aryl methyl sites for hydroxylation is 1. The van der Waals surface area contributed by atoms with Crippen LogP contribution >= 0.6 is 0 Å². The third kappa shape index (κ3) is 2.59. The Balaban J connectivity index is 3.33. The average molecular weight is 244 g/mol. The van der Waals surface area contributed by atoms with Crippen LogP contribution in [0.2, 0.25) is 0 Å². The number of carboxylic acid groups (broad SMARTS) is 1. The van der Waals surface area contributed by atoms with Crippen LogP contribution in [-0.4, -0.2) is 26.1 Å². The van der Waals surface area contributed by atoms with Crippen LogP contribution < -0.4 is 0 Å². The van der Waals surface area contributed by atoms with Gasteiger partial charge in [-0.25, -0.2) is 4.79 Å². The summed E-state index contributed by atoms with van der Waals surface area (Å²) in [5.74, 6) is -1.17. The quantitative estimate of drug-likeness (QED) is 0.810. The van der Waals surface area contributed by atoms with E-state index in [9.17, 15) is 13.2 Å². The van der Waals surface area contributed by atoms with Crippen molar-refractivity contribution in [1.82, 2.24) is 0 Å². The van der Waals surface area contributed by atoms with E-state index in [1.807, 2.05) is 0 Å². The smallest absolute Gasteiger partial charge is 0.335 e. The maximum atomic E-state index is 11.6. The molecule has 0 saturated carbocycles. The Bertz CT molecular complexity index is 504. The Morgan fingerprint density at radius 2 is 2.06 bits per heavy atom. The van der Waals surface area contributed by atoms with Crippen LogP contribution in [0.1, 0.15) is 22.8 Å². The van der Waals surface area contributed by atoms with E-state index in [1.54, 1.807) is 13.8 Å². The van der Waals surface area contributed by atoms with Crippen molar-refractivity contribution in [3.8, 4) is 0 Å². The van der Waals surface area contributed by atoms with E-state index in [2.05, 4.69) is 4.18 Å². The van der Waals surface area contributed by atoms with E-state index in [0.29, 0.717) is 5.56 Å². The van der Waals surface area contributed by atoms with Gasteiger partial charge in [0.2, 0.25) is 0 Å². The third-order valence-electron chi connectivity index (χ3n) is 1.98. The SMILES string of the molecule is CCOS(=O)(=O)c1cc(C(=O)O)ccc1C. The van der Waals surface area contributed by atoms with Crippen LogP contribution in [0.3, 0.4) is 0 Å². The Kier molecular flexibility index (Phi) is 3.66. The van der Waals surface area contributed by atoms with E-state index in [1.165, 1.54) is 12.1 Å². The first-order chi connectivity index (χ1) is 7.38. The van der Waals surface area contributed by atoms with Gasteiger partial charge in [-0.1, -0.05) is 6.07 Å². The summed E-state index contributed by atoms with van der Waals surface area (Å²) in [6, 6.07) is 3.89. The molecule has 0 radical (unpaired) electrons. The van der Waals surface area contributed by atoms with Gasteiger partial charge in [0.25, 0.3) is 10.1 Å². The van der Waals surface area contributed by atoms with Crippen molar-refractivity contribution in [2.45, 2.75) is 18.7 Å². The van der Waals surface area contributed by atoms with Crippen molar-refractivity contribution in [2.24, 2.45) is 0 Å². The number of carbonyl (C=O) groups is 1. The van der Waals surface area contributed by atoms with E-state index < -0.39 is 16.1 Å². The standard InChI is InChI=1S/C10H12O5S/c1-3-15-16(13,14)9-6-8(10(11)12)5-4-7(9)2/h4-6H,3H2,1-2H3,(H,11,12). The second-order valence-corrected chi connectivity index (χ2v) is 4.73. The third-order valence-corrected chi connectivity index (χ3v) is 3.50. The Labute approximate surface area is 93.8 Å². The van der Waals surface area contributed by atoms with Crippen LogP contribution in [0.25, 0.3) is 0 Å². The summed E-state index contributed by atoms with van der Waals surface area (Å²) in [5.41, 5.74) is 0.377. The van der Waals surface area contributed by atoms with Crippen molar-refractivity contribution < 1.29 is 22.5 Å². The summed E-state index contributed by atoms with van der Waals surface area (Å²) in [6.45, 7) is 3.14. The van der Waals surface area contributed by atoms with Gasteiger partial charge >= 0.3 is 5.97 Å². The molecule has 0 bridgehead atoms. The first-order valence-electron chi connectivity index (χ1n) is 4.62. The fourth-order valence-electron chi connectivity index (χ4n) is 1.22. The molecule has 0 aliphatic rings. The molecule has 1 N–H and O–H groups in total. The zero-order chi connectivity index (χ0) is 12.3. The lowest BCUT2D eigenvalue weighted by atomic mass is 10.1. The summed E-state index contributed by atoms with van der Waals surface area (Å²) in [4.78, 5) is 10.6. The first-order valence-corrected chi connectivity index (χ1v) is 6.02. The van der Waals surface area contributed by atoms with Crippen molar-refractivity contribution in [3.63, 3.8) is 0 Å². The second kappa shape index (κ2) is 4.63. The Morgan fingerprint density at radius 1 is 1.44 bits per heavy atom. The molecule has 0 heterocycles. The van der Waals surface area contributed by atoms with Gasteiger partial charge in [-0.15, -0.1) is 0 Å². The molecule has 88 valence electrons. The minimum atomic E-state index is -3.86. The van der Waals surface area contributed by atoms with Crippen molar-refractivity contribution in [1.29, 1.82) is 0 Å². The monoisotopic (exact) mass is 244 g/mol. The van der Waals surface area contributed by atoms with Crippen LogP contribution in [0.4, 0.5) is 0 Å². The highest BCUT2D eigenvalue weighted by molar-refractivity contribution is 7.86. The lowest BCUT2D eigenvalue weighted by Gasteiger charge is -2.07. The number of rotatable bonds is 4. The van der Waals surface area contributed by atoms with E-state index in [0.717, 1.165) is 6.07 Å². The zero-order valence-electron chi connectivity index (χ0n) is 8.93. The summed E-state index contributed by atoms with van der Waals surface area (Å²) in [6.07, 6.45) is 0. The molecular weight excluding hydrogens is 232 g/mol. The van der Waals surface area contributed by atoms with E-state index in [4.69, 9.17) is 5.11 Å². The highest BCUT2D eigenvalue weighted by Gasteiger charge is 2.19. The van der Waals surface area contributed by atoms with Crippen molar-refractivity contribution in [2.75, 3.05) is 6.61 Å². The first kappa shape index (κ1) is 12.7. The predicted molar refractivity (Wildman–Crippen MR) is 57.0 cm³/mol. The molecule has 0 aromatic heterocycles. The fourth-order valence-corrected chi connectivity index (χ4v) is 2.39. The lowest BCUT2D eigenvalue weighted by Crippen LogP contribution is -2.09. The largest absolute Gasteiger partial charge is 0.478 e. The predicted octanol–water partition coefficient (Wildman–Crippen LogP) is 1.42. The van der Waals surface area contributed by atoms with Crippen molar-refractivity contribution in [3.05, 3.63) is 29.3 Å². The molecule has 0 saturated heterocycles. The topological polar surface area (TPSA) is 80.7 Å². The van der Waals surface area contributed by atoms with Crippen LogP contribution in [-0.2, 0) is 14.3 Å². The second-order valence-electron chi connectivity index (χ2n) is 3.15. The molecule has 0 atom stereocenters. The highest BCUT2D eigenvalue weighted by atomic mass is 32.2. The molecule has 1 aromatic rings. The molecule has 6 heteroatoms. The maximum absolute atomic E-state index is 11.6. The number of aromatic carboxylic acids is 1. The Hall–Kier alpha value is -1.40.